The minimum Gasteiger partial charge on any atom is -0.493 e. The van der Waals surface area contributed by atoms with Gasteiger partial charge in [0, 0.05) is 67.7 Å². The number of hydrogen-bond donors (Lipinski definition) is 0. The molecule has 0 saturated carbocycles. The summed E-state index contributed by atoms with van der Waals surface area (Å²) in [5, 5.41) is 2.28. The summed E-state index contributed by atoms with van der Waals surface area (Å²) in [6, 6.07) is 78.3. The molecule has 0 N–H and O–H groups in total. The average molecular weight is 1150 g/mol. The summed E-state index contributed by atoms with van der Waals surface area (Å²) in [4.78, 5) is 12.0. The summed E-state index contributed by atoms with van der Waals surface area (Å²) in [5.74, 6) is 0.839. The van der Waals surface area contributed by atoms with Crippen molar-refractivity contribution in [2.75, 3.05) is 21.7 Å². The second-order valence-corrected chi connectivity index (χ2v) is 22.5. The van der Waals surface area contributed by atoms with Crippen LogP contribution in [0.2, 0.25) is 0 Å². The molecule has 0 radical (unpaired) electrons. The molecule has 0 saturated heterocycles. The Hall–Kier alpha value is -7.20. The molecular weight excluding hydrogens is 1080 g/mol. The number of anilines is 6. The Morgan fingerprint density at radius 3 is 1.64 bits per heavy atom. The van der Waals surface area contributed by atoms with Gasteiger partial charge in [0.15, 0.2) is 0 Å². The van der Waals surface area contributed by atoms with E-state index in [1.54, 1.807) is 0 Å². The molecule has 10 aromatic rings. The zero-order chi connectivity index (χ0) is 50.9. The van der Waals surface area contributed by atoms with Crippen molar-refractivity contribution in [3.8, 4) is 5.82 Å². The molecular formula is C68H64N5Pt-3. The Morgan fingerprint density at radius 2 is 1.03 bits per heavy atom. The predicted octanol–water partition coefficient (Wildman–Crippen LogP) is 17.2. The summed E-state index contributed by atoms with van der Waals surface area (Å²) in [6.45, 7) is 23.0. The standard InChI is InChI=1S/C68H64N5.Pt/c1-65(2,3)52-39-53(66(4,5)6)41-57(40-52)72-46-71(61-31-20-21-32-62(61)72)56-30-22-29-54(44-56)70(10)55-34-35-58-59-42-50(67(7,8)47-23-14-11-15-24-47)33-36-60(59)73(63(58)45-55)64-43-51(37-38-69-64)68(9,48-25-16-12-17-26-48)49-27-18-13-19-28-49;/h11-43,46H,1-10H3;/q-3;. The van der Waals surface area contributed by atoms with Crippen LogP contribution >= 0.6 is 0 Å². The third-order valence-corrected chi connectivity index (χ3v) is 15.4. The van der Waals surface area contributed by atoms with Crippen molar-refractivity contribution in [1.82, 2.24) is 9.55 Å². The molecule has 0 spiro atoms. The summed E-state index contributed by atoms with van der Waals surface area (Å²) >= 11 is 0. The molecule has 6 heteroatoms. The van der Waals surface area contributed by atoms with Crippen LogP contribution in [0, 0.1) is 18.8 Å². The molecule has 0 fully saturated rings. The fourth-order valence-corrected chi connectivity index (χ4v) is 10.7. The number of aromatic nitrogens is 2. The van der Waals surface area contributed by atoms with Crippen LogP contribution < -0.4 is 14.7 Å². The molecule has 0 amide bonds. The topological polar surface area (TPSA) is 27.5 Å². The first-order chi connectivity index (χ1) is 35.0. The monoisotopic (exact) mass is 1150 g/mol. The first-order valence-corrected chi connectivity index (χ1v) is 25.6. The Kier molecular flexibility index (Phi) is 13.1. The van der Waals surface area contributed by atoms with Crippen molar-refractivity contribution < 1.29 is 21.1 Å². The molecule has 2 aromatic heterocycles. The maximum absolute atomic E-state index is 5.18. The van der Waals surface area contributed by atoms with Crippen LogP contribution in [0.1, 0.15) is 101 Å². The van der Waals surface area contributed by atoms with Crippen LogP contribution in [0.4, 0.5) is 34.1 Å². The Bertz CT molecular complexity index is 3570. The number of nitrogens with zero attached hydrogens (tertiary/aromatic N) is 5. The largest absolute Gasteiger partial charge is 0.493 e. The number of rotatable bonds is 10. The van der Waals surface area contributed by atoms with E-state index in [1.165, 1.54) is 33.4 Å². The van der Waals surface area contributed by atoms with Gasteiger partial charge < -0.3 is 19.3 Å². The van der Waals surface area contributed by atoms with E-state index in [0.29, 0.717) is 0 Å². The van der Waals surface area contributed by atoms with E-state index in [-0.39, 0.29) is 37.3 Å². The first kappa shape index (κ1) is 50.3. The van der Waals surface area contributed by atoms with Crippen molar-refractivity contribution in [3.63, 3.8) is 0 Å². The van der Waals surface area contributed by atoms with E-state index in [2.05, 4.69) is 302 Å². The molecule has 11 rings (SSSR count). The molecule has 0 bridgehead atoms. The van der Waals surface area contributed by atoms with Crippen molar-refractivity contribution in [3.05, 3.63) is 258 Å². The quantitative estimate of drug-likeness (QED) is 0.128. The van der Waals surface area contributed by atoms with Crippen LogP contribution in [0.5, 0.6) is 0 Å². The predicted molar refractivity (Wildman–Crippen MR) is 307 cm³/mol. The van der Waals surface area contributed by atoms with Gasteiger partial charge in [-0.25, -0.2) is 4.98 Å². The van der Waals surface area contributed by atoms with Gasteiger partial charge in [-0.2, -0.15) is 12.1 Å². The van der Waals surface area contributed by atoms with Gasteiger partial charge in [-0.3, -0.25) is 0 Å². The fraction of sp³-hybridized carbons (Fsp3) is 0.206. The second-order valence-electron chi connectivity index (χ2n) is 22.5. The van der Waals surface area contributed by atoms with Crippen molar-refractivity contribution in [2.24, 2.45) is 0 Å². The molecule has 1 aliphatic heterocycles. The SMILES string of the molecule is CN(c1[c-]c(N2[CH-]N(c3cc(C(C)(C)C)cc(C(C)(C)C)c3)c3ccccc32)ccc1)c1[c-]c2c(cc1)c1cc(C(C)(C)c3ccccc3)ccc1n2-c1cc(C(C)(c2ccccc2)c2ccccc2)ccn1.[Pt]. The van der Waals surface area contributed by atoms with Crippen molar-refractivity contribution >= 4 is 55.9 Å². The molecule has 374 valence electrons. The van der Waals surface area contributed by atoms with E-state index in [1.807, 2.05) is 6.20 Å². The number of pyridine rings is 1. The molecule has 0 unspecified atom stereocenters. The molecule has 8 aromatic carbocycles. The Labute approximate surface area is 453 Å². The number of benzene rings is 8. The van der Waals surface area contributed by atoms with E-state index < -0.39 is 5.41 Å². The average Bonchev–Trinajstić information content (AvgIpc) is 3.96. The Morgan fingerprint density at radius 1 is 0.459 bits per heavy atom. The van der Waals surface area contributed by atoms with Crippen LogP contribution in [-0.2, 0) is 42.7 Å². The molecule has 74 heavy (non-hydrogen) atoms. The summed E-state index contributed by atoms with van der Waals surface area (Å²) in [5.41, 5.74) is 16.3. The molecule has 0 atom stereocenters. The fourth-order valence-electron chi connectivity index (χ4n) is 10.7. The van der Waals surface area contributed by atoms with Gasteiger partial charge in [-0.05, 0) is 105 Å². The van der Waals surface area contributed by atoms with E-state index >= 15 is 0 Å². The van der Waals surface area contributed by atoms with Crippen molar-refractivity contribution in [1.29, 1.82) is 0 Å². The number of hydrogen-bond acceptors (Lipinski definition) is 4. The first-order valence-electron chi connectivity index (χ1n) is 25.6. The van der Waals surface area contributed by atoms with Gasteiger partial charge in [-0.1, -0.05) is 194 Å². The van der Waals surface area contributed by atoms with Gasteiger partial charge in [-0.15, -0.1) is 48.1 Å². The summed E-state index contributed by atoms with van der Waals surface area (Å²) in [6.07, 6.45) is 1.97. The summed E-state index contributed by atoms with van der Waals surface area (Å²) < 4.78 is 2.31. The third-order valence-electron chi connectivity index (χ3n) is 15.4. The maximum atomic E-state index is 5.18. The summed E-state index contributed by atoms with van der Waals surface area (Å²) in [7, 11) is 2.12. The van der Waals surface area contributed by atoms with Gasteiger partial charge in [0.2, 0.25) is 0 Å². The van der Waals surface area contributed by atoms with E-state index in [9.17, 15) is 0 Å². The minimum absolute atomic E-state index is 0. The molecule has 5 nitrogen and oxygen atoms in total. The Balaban J connectivity index is 0.00000626. The number of fused-ring (bicyclic) bond motifs is 4. The van der Waals surface area contributed by atoms with Crippen LogP contribution in [-0.4, -0.2) is 16.6 Å². The molecule has 3 heterocycles. The van der Waals surface area contributed by atoms with Crippen LogP contribution in [0.25, 0.3) is 27.6 Å². The van der Waals surface area contributed by atoms with Gasteiger partial charge >= 0.3 is 0 Å². The van der Waals surface area contributed by atoms with Gasteiger partial charge in [0.05, 0.1) is 0 Å². The van der Waals surface area contributed by atoms with E-state index in [0.717, 1.165) is 67.3 Å². The van der Waals surface area contributed by atoms with Crippen molar-refractivity contribution in [2.45, 2.75) is 84.0 Å². The normalized spacial score (nSPS) is 13.1. The smallest absolute Gasteiger partial charge is 0.135 e. The minimum atomic E-state index is -0.446. The van der Waals surface area contributed by atoms with Crippen LogP contribution in [0.15, 0.2) is 200 Å². The van der Waals surface area contributed by atoms with Crippen LogP contribution in [0.3, 0.4) is 0 Å². The third kappa shape index (κ3) is 8.94. The molecule has 0 aliphatic carbocycles. The second kappa shape index (κ2) is 19.3. The zero-order valence-corrected chi connectivity index (χ0v) is 46.5. The maximum Gasteiger partial charge on any atom is 0.135 e. The number of para-hydroxylation sites is 2. The van der Waals surface area contributed by atoms with Gasteiger partial charge in [0.1, 0.15) is 5.82 Å². The van der Waals surface area contributed by atoms with Gasteiger partial charge in [0.25, 0.3) is 0 Å². The molecule has 1 aliphatic rings. The zero-order valence-electron chi connectivity index (χ0n) is 44.2. The van der Waals surface area contributed by atoms with E-state index in [4.69, 9.17) is 4.98 Å².